The number of hydrogen-bond donors (Lipinski definition) is 0. The molecule has 2 heterocycles. The van der Waals surface area contributed by atoms with Crippen LogP contribution in [0.25, 0.3) is 11.0 Å². The standard InChI is InChI=1S/C15H14O4/c1-7-4-11-14(10(16)6-9(3)18-11)15-13(7)8(2)5-12(17)19-15/h4-5,9H,6H2,1-3H3. The van der Waals surface area contributed by atoms with Crippen molar-refractivity contribution in [2.75, 3.05) is 0 Å². The van der Waals surface area contributed by atoms with Crippen LogP contribution in [0.5, 0.6) is 5.75 Å². The van der Waals surface area contributed by atoms with Gasteiger partial charge in [0.15, 0.2) is 11.4 Å². The highest BCUT2D eigenvalue weighted by Crippen LogP contribution is 2.36. The lowest BCUT2D eigenvalue weighted by Crippen LogP contribution is -2.24. The molecule has 19 heavy (non-hydrogen) atoms. The molecule has 3 rings (SSSR count). The van der Waals surface area contributed by atoms with Crippen LogP contribution in [0.1, 0.15) is 34.8 Å². The Morgan fingerprint density at radius 2 is 1.84 bits per heavy atom. The number of carbonyl (C=O) groups is 1. The second kappa shape index (κ2) is 3.95. The Morgan fingerprint density at radius 1 is 1.16 bits per heavy atom. The van der Waals surface area contributed by atoms with Crippen LogP contribution in [-0.2, 0) is 0 Å². The van der Waals surface area contributed by atoms with Gasteiger partial charge in [-0.25, -0.2) is 4.79 Å². The molecular weight excluding hydrogens is 244 g/mol. The van der Waals surface area contributed by atoms with Gasteiger partial charge in [-0.15, -0.1) is 0 Å². The van der Waals surface area contributed by atoms with Crippen molar-refractivity contribution in [3.63, 3.8) is 0 Å². The summed E-state index contributed by atoms with van der Waals surface area (Å²) in [4.78, 5) is 23.8. The molecule has 0 bridgehead atoms. The Balaban J connectivity index is 2.48. The molecule has 0 radical (unpaired) electrons. The average molecular weight is 258 g/mol. The third kappa shape index (κ3) is 1.75. The van der Waals surface area contributed by atoms with Crippen molar-refractivity contribution in [3.8, 4) is 5.75 Å². The van der Waals surface area contributed by atoms with Crippen LogP contribution in [0.15, 0.2) is 21.3 Å². The summed E-state index contributed by atoms with van der Waals surface area (Å²) in [7, 11) is 0. The summed E-state index contributed by atoms with van der Waals surface area (Å²) >= 11 is 0. The van der Waals surface area contributed by atoms with Crippen molar-refractivity contribution in [1.82, 2.24) is 0 Å². The monoisotopic (exact) mass is 258 g/mol. The molecule has 4 heteroatoms. The molecule has 2 aromatic rings. The fraction of sp³-hybridized carbons (Fsp3) is 0.333. The summed E-state index contributed by atoms with van der Waals surface area (Å²) in [5.41, 5.74) is 2.08. The number of ether oxygens (including phenoxy) is 1. The first-order valence-electron chi connectivity index (χ1n) is 6.25. The van der Waals surface area contributed by atoms with E-state index in [2.05, 4.69) is 0 Å². The molecule has 0 fully saturated rings. The van der Waals surface area contributed by atoms with Crippen molar-refractivity contribution in [1.29, 1.82) is 0 Å². The van der Waals surface area contributed by atoms with E-state index in [0.29, 0.717) is 23.3 Å². The SMILES string of the molecule is Cc1cc2c(c3oc(=O)cc(C)c13)C(=O)CC(C)O2. The van der Waals surface area contributed by atoms with Crippen molar-refractivity contribution >= 4 is 16.8 Å². The third-order valence-electron chi connectivity index (χ3n) is 3.45. The molecule has 1 unspecified atom stereocenters. The molecule has 98 valence electrons. The normalized spacial score (nSPS) is 18.3. The highest BCUT2D eigenvalue weighted by Gasteiger charge is 2.28. The quantitative estimate of drug-likeness (QED) is 0.682. The minimum Gasteiger partial charge on any atom is -0.489 e. The predicted octanol–water partition coefficient (Wildman–Crippen LogP) is 2.76. The first-order chi connectivity index (χ1) is 8.97. The van der Waals surface area contributed by atoms with Crippen molar-refractivity contribution in [2.45, 2.75) is 33.3 Å². The van der Waals surface area contributed by atoms with E-state index in [1.54, 1.807) is 0 Å². The minimum atomic E-state index is -0.441. The fourth-order valence-electron chi connectivity index (χ4n) is 2.71. The van der Waals surface area contributed by atoms with Crippen LogP contribution >= 0.6 is 0 Å². The van der Waals surface area contributed by atoms with E-state index in [4.69, 9.17) is 9.15 Å². The first-order valence-corrected chi connectivity index (χ1v) is 6.25. The molecule has 1 aliphatic rings. The molecule has 0 saturated heterocycles. The topological polar surface area (TPSA) is 56.5 Å². The molecular formula is C15H14O4. The fourth-order valence-corrected chi connectivity index (χ4v) is 2.71. The van der Waals surface area contributed by atoms with E-state index in [1.165, 1.54) is 6.07 Å². The van der Waals surface area contributed by atoms with Crippen LogP contribution in [0.3, 0.4) is 0 Å². The van der Waals surface area contributed by atoms with E-state index in [0.717, 1.165) is 16.5 Å². The molecule has 1 aliphatic heterocycles. The number of aryl methyl sites for hydroxylation is 2. The molecule has 1 aromatic carbocycles. The van der Waals surface area contributed by atoms with Crippen molar-refractivity contribution < 1.29 is 13.9 Å². The number of rotatable bonds is 0. The Morgan fingerprint density at radius 3 is 2.58 bits per heavy atom. The van der Waals surface area contributed by atoms with Crippen LogP contribution in [0.2, 0.25) is 0 Å². The largest absolute Gasteiger partial charge is 0.489 e. The van der Waals surface area contributed by atoms with Gasteiger partial charge in [-0.2, -0.15) is 0 Å². The molecule has 1 atom stereocenters. The Bertz CT molecular complexity index is 755. The van der Waals surface area contributed by atoms with E-state index < -0.39 is 5.63 Å². The summed E-state index contributed by atoms with van der Waals surface area (Å²) in [6, 6.07) is 3.29. The van der Waals surface area contributed by atoms with Gasteiger partial charge in [-0.05, 0) is 38.0 Å². The van der Waals surface area contributed by atoms with Crippen LogP contribution in [-0.4, -0.2) is 11.9 Å². The number of carbonyl (C=O) groups excluding carboxylic acids is 1. The number of ketones is 1. The van der Waals surface area contributed by atoms with E-state index in [-0.39, 0.29) is 11.9 Å². The highest BCUT2D eigenvalue weighted by molar-refractivity contribution is 6.10. The summed E-state index contributed by atoms with van der Waals surface area (Å²) in [5.74, 6) is 0.481. The Hall–Kier alpha value is -2.10. The maximum absolute atomic E-state index is 12.2. The zero-order valence-electron chi connectivity index (χ0n) is 11.1. The average Bonchev–Trinajstić information content (AvgIpc) is 2.25. The van der Waals surface area contributed by atoms with Crippen molar-refractivity contribution in [2.24, 2.45) is 0 Å². The Kier molecular flexibility index (Phi) is 2.49. The van der Waals surface area contributed by atoms with Gasteiger partial charge in [-0.1, -0.05) is 0 Å². The molecule has 1 aromatic heterocycles. The molecule has 0 saturated carbocycles. The van der Waals surface area contributed by atoms with Crippen LogP contribution < -0.4 is 10.4 Å². The lowest BCUT2D eigenvalue weighted by molar-refractivity contribution is 0.0872. The summed E-state index contributed by atoms with van der Waals surface area (Å²) < 4.78 is 11.0. The number of fused-ring (bicyclic) bond motifs is 3. The zero-order chi connectivity index (χ0) is 13.7. The number of benzene rings is 1. The van der Waals surface area contributed by atoms with Gasteiger partial charge < -0.3 is 9.15 Å². The summed E-state index contributed by atoms with van der Waals surface area (Å²) in [5, 5.41) is 0.824. The second-order valence-corrected chi connectivity index (χ2v) is 5.07. The van der Waals surface area contributed by atoms with Crippen LogP contribution in [0, 0.1) is 13.8 Å². The first kappa shape index (κ1) is 12.0. The van der Waals surface area contributed by atoms with E-state index >= 15 is 0 Å². The molecule has 0 N–H and O–H groups in total. The van der Waals surface area contributed by atoms with Gasteiger partial charge in [-0.3, -0.25) is 4.79 Å². The second-order valence-electron chi connectivity index (χ2n) is 5.07. The molecule has 0 aliphatic carbocycles. The van der Waals surface area contributed by atoms with Crippen molar-refractivity contribution in [3.05, 3.63) is 39.2 Å². The number of hydrogen-bond acceptors (Lipinski definition) is 4. The third-order valence-corrected chi connectivity index (χ3v) is 3.45. The predicted molar refractivity (Wildman–Crippen MR) is 71.0 cm³/mol. The van der Waals surface area contributed by atoms with Gasteiger partial charge in [0.1, 0.15) is 17.4 Å². The molecule has 4 nitrogen and oxygen atoms in total. The Labute approximate surface area is 110 Å². The van der Waals surface area contributed by atoms with Gasteiger partial charge in [0.2, 0.25) is 0 Å². The van der Waals surface area contributed by atoms with Gasteiger partial charge in [0.05, 0.1) is 0 Å². The minimum absolute atomic E-state index is 0.0347. The van der Waals surface area contributed by atoms with E-state index in [1.807, 2.05) is 26.8 Å². The van der Waals surface area contributed by atoms with Gasteiger partial charge in [0, 0.05) is 17.9 Å². The summed E-state index contributed by atoms with van der Waals surface area (Å²) in [6.45, 7) is 5.62. The molecule has 0 amide bonds. The van der Waals surface area contributed by atoms with Gasteiger partial charge in [0.25, 0.3) is 0 Å². The zero-order valence-corrected chi connectivity index (χ0v) is 11.1. The van der Waals surface area contributed by atoms with E-state index in [9.17, 15) is 9.59 Å². The maximum atomic E-state index is 12.2. The lowest BCUT2D eigenvalue weighted by Gasteiger charge is -2.23. The summed E-state index contributed by atoms with van der Waals surface area (Å²) in [6.07, 6.45) is 0.163. The van der Waals surface area contributed by atoms with Gasteiger partial charge >= 0.3 is 5.63 Å². The smallest absolute Gasteiger partial charge is 0.336 e. The highest BCUT2D eigenvalue weighted by atomic mass is 16.5. The number of Topliss-reactive ketones (excluding diaryl/α,β-unsaturated/α-hetero) is 1. The van der Waals surface area contributed by atoms with Crippen LogP contribution in [0.4, 0.5) is 0 Å². The lowest BCUT2D eigenvalue weighted by atomic mass is 9.95. The maximum Gasteiger partial charge on any atom is 0.336 e. The molecule has 0 spiro atoms.